The molecule has 4 heteroatoms. The van der Waals surface area contributed by atoms with Crippen LogP contribution in [-0.4, -0.2) is 9.78 Å². The van der Waals surface area contributed by atoms with E-state index >= 15 is 0 Å². The number of nitrogen functional groups attached to an aromatic ring is 1. The molecule has 0 aliphatic heterocycles. The number of aromatic nitrogens is 2. The van der Waals surface area contributed by atoms with E-state index in [2.05, 4.69) is 79.6 Å². The van der Waals surface area contributed by atoms with Gasteiger partial charge in [-0.1, -0.05) is 45.0 Å². The standard InChI is InChI=1S/C15H20IN3/c1-10(19-14(17)13(16)9-18-19)11-5-7-12(8-6-11)15(2,3)4/h5-10H,17H2,1-4H3. The van der Waals surface area contributed by atoms with Gasteiger partial charge in [-0.2, -0.15) is 5.10 Å². The fraction of sp³-hybridized carbons (Fsp3) is 0.400. The SMILES string of the molecule is CC(c1ccc(C(C)(C)C)cc1)n1ncc(I)c1N. The Morgan fingerprint density at radius 2 is 1.79 bits per heavy atom. The molecule has 0 spiro atoms. The first-order chi connectivity index (χ1) is 8.80. The minimum Gasteiger partial charge on any atom is -0.383 e. The molecule has 1 atom stereocenters. The molecule has 0 saturated carbocycles. The molecule has 1 unspecified atom stereocenters. The van der Waals surface area contributed by atoms with Gasteiger partial charge in [0, 0.05) is 0 Å². The largest absolute Gasteiger partial charge is 0.383 e. The van der Waals surface area contributed by atoms with Gasteiger partial charge in [0.1, 0.15) is 5.82 Å². The lowest BCUT2D eigenvalue weighted by atomic mass is 9.86. The first-order valence-electron chi connectivity index (χ1n) is 6.39. The molecule has 0 radical (unpaired) electrons. The second-order valence-electron chi connectivity index (χ2n) is 5.87. The van der Waals surface area contributed by atoms with Gasteiger partial charge in [-0.3, -0.25) is 0 Å². The summed E-state index contributed by atoms with van der Waals surface area (Å²) in [5, 5.41) is 4.35. The molecule has 0 aliphatic carbocycles. The van der Waals surface area contributed by atoms with Crippen molar-refractivity contribution in [3.8, 4) is 0 Å². The fourth-order valence-corrected chi connectivity index (χ4v) is 2.43. The maximum absolute atomic E-state index is 6.03. The highest BCUT2D eigenvalue weighted by Gasteiger charge is 2.16. The molecule has 0 saturated heterocycles. The van der Waals surface area contributed by atoms with E-state index in [0.717, 1.165) is 9.39 Å². The van der Waals surface area contributed by atoms with Crippen LogP contribution in [0.25, 0.3) is 0 Å². The average Bonchev–Trinajstić information content (AvgIpc) is 2.68. The van der Waals surface area contributed by atoms with Crippen molar-refractivity contribution in [3.63, 3.8) is 0 Å². The summed E-state index contributed by atoms with van der Waals surface area (Å²) in [6.45, 7) is 8.78. The first-order valence-corrected chi connectivity index (χ1v) is 7.47. The van der Waals surface area contributed by atoms with Gasteiger partial charge in [-0.05, 0) is 46.1 Å². The van der Waals surface area contributed by atoms with Crippen molar-refractivity contribution in [1.29, 1.82) is 0 Å². The monoisotopic (exact) mass is 369 g/mol. The third kappa shape index (κ3) is 2.94. The maximum atomic E-state index is 6.03. The summed E-state index contributed by atoms with van der Waals surface area (Å²) in [5.41, 5.74) is 8.78. The van der Waals surface area contributed by atoms with Crippen LogP contribution in [0.1, 0.15) is 44.9 Å². The van der Waals surface area contributed by atoms with Crippen LogP contribution in [0.2, 0.25) is 0 Å². The van der Waals surface area contributed by atoms with Crippen LogP contribution in [-0.2, 0) is 5.41 Å². The summed E-state index contributed by atoms with van der Waals surface area (Å²) in [6.07, 6.45) is 1.80. The molecule has 0 bridgehead atoms. The van der Waals surface area contributed by atoms with Crippen LogP contribution in [0, 0.1) is 3.57 Å². The van der Waals surface area contributed by atoms with E-state index in [0.29, 0.717) is 0 Å². The Labute approximate surface area is 128 Å². The first kappa shape index (κ1) is 14.4. The summed E-state index contributed by atoms with van der Waals surface area (Å²) in [5.74, 6) is 0.730. The number of anilines is 1. The van der Waals surface area contributed by atoms with Crippen molar-refractivity contribution >= 4 is 28.4 Å². The zero-order valence-corrected chi connectivity index (χ0v) is 14.0. The smallest absolute Gasteiger partial charge is 0.135 e. The van der Waals surface area contributed by atoms with E-state index in [9.17, 15) is 0 Å². The molecule has 3 nitrogen and oxygen atoms in total. The molecular formula is C15H20IN3. The third-order valence-corrected chi connectivity index (χ3v) is 4.24. The number of nitrogens with two attached hydrogens (primary N) is 1. The van der Waals surface area contributed by atoms with Crippen molar-refractivity contribution in [3.05, 3.63) is 45.2 Å². The Hall–Kier alpha value is -1.04. The molecule has 2 aromatic rings. The van der Waals surface area contributed by atoms with Gasteiger partial charge < -0.3 is 5.73 Å². The van der Waals surface area contributed by atoms with Crippen LogP contribution < -0.4 is 5.73 Å². The lowest BCUT2D eigenvalue weighted by Gasteiger charge is -2.20. The summed E-state index contributed by atoms with van der Waals surface area (Å²) in [7, 11) is 0. The van der Waals surface area contributed by atoms with E-state index in [-0.39, 0.29) is 11.5 Å². The van der Waals surface area contributed by atoms with Gasteiger partial charge in [0.2, 0.25) is 0 Å². The molecule has 0 amide bonds. The van der Waals surface area contributed by atoms with Crippen LogP contribution in [0.5, 0.6) is 0 Å². The lowest BCUT2D eigenvalue weighted by molar-refractivity contribution is 0.568. The molecular weight excluding hydrogens is 349 g/mol. The Morgan fingerprint density at radius 3 is 2.21 bits per heavy atom. The van der Waals surface area contributed by atoms with Crippen LogP contribution in [0.3, 0.4) is 0 Å². The molecule has 0 fully saturated rings. The van der Waals surface area contributed by atoms with Gasteiger partial charge in [-0.15, -0.1) is 0 Å². The van der Waals surface area contributed by atoms with Crippen LogP contribution in [0.4, 0.5) is 5.82 Å². The molecule has 102 valence electrons. The van der Waals surface area contributed by atoms with Crippen molar-refractivity contribution in [2.24, 2.45) is 0 Å². The fourth-order valence-electron chi connectivity index (χ4n) is 2.06. The summed E-state index contributed by atoms with van der Waals surface area (Å²) >= 11 is 2.21. The van der Waals surface area contributed by atoms with Crippen molar-refractivity contribution < 1.29 is 0 Å². The van der Waals surface area contributed by atoms with Gasteiger partial charge in [0.05, 0.1) is 15.8 Å². The zero-order valence-electron chi connectivity index (χ0n) is 11.8. The zero-order chi connectivity index (χ0) is 14.2. The van der Waals surface area contributed by atoms with Crippen molar-refractivity contribution in [2.75, 3.05) is 5.73 Å². The van der Waals surface area contributed by atoms with E-state index in [4.69, 9.17) is 5.73 Å². The number of hydrogen-bond donors (Lipinski definition) is 1. The second kappa shape index (κ2) is 5.15. The predicted octanol–water partition coefficient (Wildman–Crippen LogP) is 3.98. The minimum absolute atomic E-state index is 0.150. The number of halogens is 1. The van der Waals surface area contributed by atoms with Crippen molar-refractivity contribution in [2.45, 2.75) is 39.2 Å². The van der Waals surface area contributed by atoms with E-state index in [1.807, 2.05) is 4.68 Å². The number of hydrogen-bond acceptors (Lipinski definition) is 2. The molecule has 2 N–H and O–H groups in total. The van der Waals surface area contributed by atoms with E-state index < -0.39 is 0 Å². The Morgan fingerprint density at radius 1 is 1.21 bits per heavy atom. The molecule has 1 heterocycles. The van der Waals surface area contributed by atoms with Gasteiger partial charge in [0.25, 0.3) is 0 Å². The molecule has 1 aromatic heterocycles. The second-order valence-corrected chi connectivity index (χ2v) is 7.03. The predicted molar refractivity (Wildman–Crippen MR) is 88.3 cm³/mol. The van der Waals surface area contributed by atoms with Crippen LogP contribution >= 0.6 is 22.6 Å². The number of rotatable bonds is 2. The number of nitrogens with zero attached hydrogens (tertiary/aromatic N) is 2. The van der Waals surface area contributed by atoms with Crippen LogP contribution in [0.15, 0.2) is 30.5 Å². The van der Waals surface area contributed by atoms with Gasteiger partial charge in [-0.25, -0.2) is 4.68 Å². The van der Waals surface area contributed by atoms with Gasteiger partial charge in [0.15, 0.2) is 0 Å². The average molecular weight is 369 g/mol. The molecule has 1 aromatic carbocycles. The van der Waals surface area contributed by atoms with Crippen molar-refractivity contribution in [1.82, 2.24) is 9.78 Å². The summed E-state index contributed by atoms with van der Waals surface area (Å²) < 4.78 is 2.86. The normalized spacial score (nSPS) is 13.5. The highest BCUT2D eigenvalue weighted by atomic mass is 127. The topological polar surface area (TPSA) is 43.8 Å². The van der Waals surface area contributed by atoms with E-state index in [1.165, 1.54) is 11.1 Å². The highest BCUT2D eigenvalue weighted by Crippen LogP contribution is 2.27. The molecule has 0 aliphatic rings. The Bertz CT molecular complexity index is 564. The minimum atomic E-state index is 0.150. The maximum Gasteiger partial charge on any atom is 0.135 e. The molecule has 2 rings (SSSR count). The summed E-state index contributed by atoms with van der Waals surface area (Å²) in [6, 6.07) is 8.86. The summed E-state index contributed by atoms with van der Waals surface area (Å²) in [4.78, 5) is 0. The quantitative estimate of drug-likeness (QED) is 0.814. The number of benzene rings is 1. The Balaban J connectivity index is 2.30. The lowest BCUT2D eigenvalue weighted by Crippen LogP contribution is -2.13. The van der Waals surface area contributed by atoms with Gasteiger partial charge >= 0.3 is 0 Å². The highest BCUT2D eigenvalue weighted by molar-refractivity contribution is 14.1. The Kier molecular flexibility index (Phi) is 3.90. The molecule has 19 heavy (non-hydrogen) atoms. The van der Waals surface area contributed by atoms with E-state index in [1.54, 1.807) is 6.20 Å². The third-order valence-electron chi connectivity index (χ3n) is 3.41.